The minimum Gasteiger partial charge on any atom is -0.480 e. The van der Waals surface area contributed by atoms with Gasteiger partial charge in [-0.25, -0.2) is 9.59 Å². The molecule has 7 nitrogen and oxygen atoms in total. The van der Waals surface area contributed by atoms with Crippen LogP contribution < -0.4 is 10.6 Å². The summed E-state index contributed by atoms with van der Waals surface area (Å²) in [7, 11) is 0. The highest BCUT2D eigenvalue weighted by atomic mass is 16.5. The first-order valence-electron chi connectivity index (χ1n) is 12.0. The summed E-state index contributed by atoms with van der Waals surface area (Å²) in [6.45, 7) is 3.59. The van der Waals surface area contributed by atoms with Gasteiger partial charge in [0.25, 0.3) is 0 Å². The Kier molecular flexibility index (Phi) is 6.91. The monoisotopic (exact) mass is 464 g/mol. The fraction of sp³-hybridized carbons (Fsp3) is 0.444. The van der Waals surface area contributed by atoms with E-state index in [9.17, 15) is 19.5 Å². The molecule has 2 aliphatic carbocycles. The summed E-state index contributed by atoms with van der Waals surface area (Å²) in [5.41, 5.74) is 3.35. The number of benzene rings is 2. The number of carbonyl (C=O) groups excluding carboxylic acids is 2. The molecular weight excluding hydrogens is 432 g/mol. The Morgan fingerprint density at radius 1 is 0.971 bits per heavy atom. The minimum absolute atomic E-state index is 0.0455. The fourth-order valence-corrected chi connectivity index (χ4v) is 5.08. The van der Waals surface area contributed by atoms with Crippen LogP contribution in [0.15, 0.2) is 48.5 Å². The quantitative estimate of drug-likeness (QED) is 0.561. The number of fused-ring (bicyclic) bond motifs is 3. The van der Waals surface area contributed by atoms with Crippen molar-refractivity contribution in [2.75, 3.05) is 6.61 Å². The first-order valence-corrected chi connectivity index (χ1v) is 12.0. The molecule has 0 bridgehead atoms. The molecule has 7 heteroatoms. The Labute approximate surface area is 199 Å². The Morgan fingerprint density at radius 3 is 2.09 bits per heavy atom. The van der Waals surface area contributed by atoms with Crippen molar-refractivity contribution in [3.8, 4) is 11.1 Å². The molecule has 3 N–H and O–H groups in total. The molecule has 2 aromatic carbocycles. The molecule has 2 unspecified atom stereocenters. The van der Waals surface area contributed by atoms with Crippen LogP contribution in [-0.4, -0.2) is 41.3 Å². The van der Waals surface area contributed by atoms with Gasteiger partial charge in [0.05, 0.1) is 5.92 Å². The van der Waals surface area contributed by atoms with Crippen LogP contribution in [0.4, 0.5) is 4.79 Å². The number of carboxylic acid groups (broad SMARTS) is 1. The molecule has 180 valence electrons. The van der Waals surface area contributed by atoms with E-state index in [2.05, 4.69) is 34.9 Å². The van der Waals surface area contributed by atoms with E-state index in [1.807, 2.05) is 24.3 Å². The molecule has 0 saturated heterocycles. The van der Waals surface area contributed by atoms with Crippen LogP contribution in [0, 0.1) is 5.92 Å². The smallest absolute Gasteiger partial charge is 0.407 e. The molecule has 0 aliphatic heterocycles. The topological polar surface area (TPSA) is 105 Å². The lowest BCUT2D eigenvalue weighted by Crippen LogP contribution is -2.58. The second-order valence-electron chi connectivity index (χ2n) is 9.48. The third-order valence-electron chi connectivity index (χ3n) is 7.33. The maximum absolute atomic E-state index is 12.8. The summed E-state index contributed by atoms with van der Waals surface area (Å²) in [4.78, 5) is 37.2. The summed E-state index contributed by atoms with van der Waals surface area (Å²) in [5.74, 6) is -2.03. The largest absolute Gasteiger partial charge is 0.480 e. The zero-order valence-corrected chi connectivity index (χ0v) is 19.7. The van der Waals surface area contributed by atoms with Crippen molar-refractivity contribution in [1.82, 2.24) is 10.6 Å². The fourth-order valence-electron chi connectivity index (χ4n) is 5.08. The number of aliphatic carboxylic acids is 1. The van der Waals surface area contributed by atoms with Gasteiger partial charge in [0, 0.05) is 12.0 Å². The molecule has 0 heterocycles. The van der Waals surface area contributed by atoms with Crippen LogP contribution in [0.1, 0.15) is 63.0 Å². The van der Waals surface area contributed by atoms with Gasteiger partial charge in [-0.2, -0.15) is 0 Å². The highest BCUT2D eigenvalue weighted by molar-refractivity contribution is 5.88. The van der Waals surface area contributed by atoms with Gasteiger partial charge in [0.1, 0.15) is 12.1 Å². The van der Waals surface area contributed by atoms with E-state index in [1.165, 1.54) is 0 Å². The van der Waals surface area contributed by atoms with E-state index in [4.69, 9.17) is 4.74 Å². The van der Waals surface area contributed by atoms with E-state index >= 15 is 0 Å². The van der Waals surface area contributed by atoms with Crippen LogP contribution in [0.25, 0.3) is 11.1 Å². The number of alkyl carbamates (subject to hydrolysis) is 1. The molecule has 2 atom stereocenters. The van der Waals surface area contributed by atoms with Gasteiger partial charge in [0.15, 0.2) is 0 Å². The number of carboxylic acids is 1. The van der Waals surface area contributed by atoms with Crippen LogP contribution in [0.5, 0.6) is 0 Å². The minimum atomic E-state index is -1.22. The molecule has 4 rings (SSSR count). The Balaban J connectivity index is 1.34. The van der Waals surface area contributed by atoms with E-state index in [0.29, 0.717) is 12.8 Å². The predicted molar refractivity (Wildman–Crippen MR) is 128 cm³/mol. The van der Waals surface area contributed by atoms with Gasteiger partial charge in [-0.05, 0) is 42.0 Å². The molecule has 1 fully saturated rings. The summed E-state index contributed by atoms with van der Waals surface area (Å²) < 4.78 is 5.57. The first kappa shape index (κ1) is 23.8. The molecule has 34 heavy (non-hydrogen) atoms. The van der Waals surface area contributed by atoms with Gasteiger partial charge >= 0.3 is 12.1 Å². The third-order valence-corrected chi connectivity index (χ3v) is 7.33. The number of nitrogens with one attached hydrogen (secondary N) is 2. The summed E-state index contributed by atoms with van der Waals surface area (Å²) >= 11 is 0. The lowest BCUT2D eigenvalue weighted by atomic mass is 9.81. The average molecular weight is 465 g/mol. The first-order chi connectivity index (χ1) is 16.3. The highest BCUT2D eigenvalue weighted by Gasteiger charge is 2.42. The number of hydrogen-bond donors (Lipinski definition) is 3. The molecule has 2 amide bonds. The van der Waals surface area contributed by atoms with Gasteiger partial charge < -0.3 is 20.5 Å². The van der Waals surface area contributed by atoms with Crippen molar-refractivity contribution in [3.63, 3.8) is 0 Å². The zero-order valence-electron chi connectivity index (χ0n) is 19.7. The molecule has 2 aromatic rings. The predicted octanol–water partition coefficient (Wildman–Crippen LogP) is 4.45. The van der Waals surface area contributed by atoms with Crippen LogP contribution >= 0.6 is 0 Å². The number of hydrogen-bond acceptors (Lipinski definition) is 4. The van der Waals surface area contributed by atoms with Crippen molar-refractivity contribution >= 4 is 18.0 Å². The van der Waals surface area contributed by atoms with Crippen molar-refractivity contribution < 1.29 is 24.2 Å². The Bertz CT molecular complexity index is 1030. The SMILES string of the molecule is CC(NC(=O)OCC1c2ccccc2-c2ccccc21)C(C)C(=O)NC1(C(=O)O)CCCCC1. The molecule has 0 radical (unpaired) electrons. The standard InChI is InChI=1S/C27H32N2O5/c1-17(24(30)29-27(25(31)32)14-8-3-9-15-27)18(2)28-26(33)34-16-23-21-12-6-4-10-19(21)20-11-5-7-13-22(20)23/h4-7,10-13,17-18,23H,3,8-9,14-16H2,1-2H3,(H,28,33)(H,29,30)(H,31,32). The van der Waals surface area contributed by atoms with E-state index in [1.54, 1.807) is 13.8 Å². The Morgan fingerprint density at radius 2 is 1.53 bits per heavy atom. The van der Waals surface area contributed by atoms with Gasteiger partial charge in [-0.3, -0.25) is 4.79 Å². The van der Waals surface area contributed by atoms with Crippen LogP contribution in [0.2, 0.25) is 0 Å². The number of amides is 2. The maximum atomic E-state index is 12.8. The van der Waals surface area contributed by atoms with Crippen molar-refractivity contribution in [1.29, 1.82) is 0 Å². The average Bonchev–Trinajstić information content (AvgIpc) is 3.16. The molecule has 2 aliphatic rings. The molecule has 0 aromatic heterocycles. The van der Waals surface area contributed by atoms with Gasteiger partial charge in [-0.15, -0.1) is 0 Å². The van der Waals surface area contributed by atoms with Crippen molar-refractivity contribution in [2.45, 2.75) is 63.5 Å². The van der Waals surface area contributed by atoms with E-state index < -0.39 is 29.6 Å². The number of ether oxygens (including phenoxy) is 1. The number of rotatable bonds is 7. The van der Waals surface area contributed by atoms with Crippen molar-refractivity contribution in [3.05, 3.63) is 59.7 Å². The normalized spacial score (nSPS) is 18.2. The lowest BCUT2D eigenvalue weighted by molar-refractivity contribution is -0.150. The highest BCUT2D eigenvalue weighted by Crippen LogP contribution is 2.44. The number of carbonyl (C=O) groups is 3. The van der Waals surface area contributed by atoms with Crippen LogP contribution in [-0.2, 0) is 14.3 Å². The molecular formula is C27H32N2O5. The van der Waals surface area contributed by atoms with Gasteiger partial charge in [-0.1, -0.05) is 74.7 Å². The summed E-state index contributed by atoms with van der Waals surface area (Å²) in [6, 6.07) is 15.7. The third kappa shape index (κ3) is 4.65. The van der Waals surface area contributed by atoms with Crippen LogP contribution in [0.3, 0.4) is 0 Å². The molecule has 0 spiro atoms. The maximum Gasteiger partial charge on any atom is 0.407 e. The van der Waals surface area contributed by atoms with Crippen molar-refractivity contribution in [2.24, 2.45) is 5.92 Å². The second-order valence-corrected chi connectivity index (χ2v) is 9.48. The lowest BCUT2D eigenvalue weighted by Gasteiger charge is -2.35. The Hall–Kier alpha value is -3.35. The second kappa shape index (κ2) is 9.87. The van der Waals surface area contributed by atoms with E-state index in [0.717, 1.165) is 41.5 Å². The summed E-state index contributed by atoms with van der Waals surface area (Å²) in [6.07, 6.45) is 2.77. The van der Waals surface area contributed by atoms with E-state index in [-0.39, 0.29) is 18.4 Å². The molecule has 1 saturated carbocycles. The van der Waals surface area contributed by atoms with Gasteiger partial charge in [0.2, 0.25) is 5.91 Å². The zero-order chi connectivity index (χ0) is 24.3. The summed E-state index contributed by atoms with van der Waals surface area (Å²) in [5, 5.41) is 15.2.